The van der Waals surface area contributed by atoms with E-state index < -0.39 is 26.8 Å². The van der Waals surface area contributed by atoms with Crippen LogP contribution in [0.3, 0.4) is 0 Å². The third kappa shape index (κ3) is 3.84. The van der Waals surface area contributed by atoms with E-state index in [9.17, 15) is 18.3 Å². The quantitative estimate of drug-likeness (QED) is 0.722. The summed E-state index contributed by atoms with van der Waals surface area (Å²) >= 11 is 0. The number of carboxylic acid groups (broad SMARTS) is 1. The number of hydrogen-bond acceptors (Lipinski definition) is 5. The standard InChI is InChI=1S/C13H19NO6S/c15-8-10-4-2-1-3-9(10)7-14-21(18,19)12-6-5-11(20-12)13(16)17/h5-6,9-10,14-15H,1-4,7-8H2,(H,16,17). The summed E-state index contributed by atoms with van der Waals surface area (Å²) in [5.74, 6) is -1.54. The van der Waals surface area contributed by atoms with Gasteiger partial charge in [0.25, 0.3) is 10.0 Å². The highest BCUT2D eigenvalue weighted by Crippen LogP contribution is 2.29. The van der Waals surface area contributed by atoms with E-state index in [4.69, 9.17) is 9.52 Å². The Hall–Kier alpha value is -1.38. The molecule has 7 nitrogen and oxygen atoms in total. The molecule has 0 aliphatic heterocycles. The third-order valence-electron chi connectivity index (χ3n) is 3.89. The first-order valence-corrected chi connectivity index (χ1v) is 8.36. The number of aliphatic hydroxyl groups excluding tert-OH is 1. The first kappa shape index (κ1) is 16.0. The van der Waals surface area contributed by atoms with Crippen molar-refractivity contribution in [2.24, 2.45) is 11.8 Å². The van der Waals surface area contributed by atoms with Crippen molar-refractivity contribution in [3.8, 4) is 0 Å². The Kier molecular flexibility index (Phi) is 5.02. The van der Waals surface area contributed by atoms with Crippen LogP contribution in [0.2, 0.25) is 0 Å². The summed E-state index contributed by atoms with van der Waals surface area (Å²) in [6.07, 6.45) is 3.83. The molecular formula is C13H19NO6S. The molecule has 0 amide bonds. The Balaban J connectivity index is 2.01. The predicted octanol–water partition coefficient (Wildman–Crippen LogP) is 1.05. The topological polar surface area (TPSA) is 117 Å². The zero-order chi connectivity index (χ0) is 15.5. The van der Waals surface area contributed by atoms with E-state index in [0.29, 0.717) is 0 Å². The van der Waals surface area contributed by atoms with Crippen molar-refractivity contribution < 1.29 is 27.8 Å². The lowest BCUT2D eigenvalue weighted by molar-refractivity contribution is 0.0656. The van der Waals surface area contributed by atoms with Crippen LogP contribution in [-0.2, 0) is 10.0 Å². The fraction of sp³-hybridized carbons (Fsp3) is 0.615. The molecule has 3 N–H and O–H groups in total. The van der Waals surface area contributed by atoms with Crippen LogP contribution in [0.1, 0.15) is 36.2 Å². The summed E-state index contributed by atoms with van der Waals surface area (Å²) < 4.78 is 31.3. The molecule has 0 saturated heterocycles. The van der Waals surface area contributed by atoms with Gasteiger partial charge in [-0.3, -0.25) is 0 Å². The maximum absolute atomic E-state index is 12.0. The third-order valence-corrected chi connectivity index (χ3v) is 5.19. The second-order valence-corrected chi connectivity index (χ2v) is 6.96. The van der Waals surface area contributed by atoms with E-state index in [1.54, 1.807) is 0 Å². The number of nitrogens with one attached hydrogen (secondary N) is 1. The van der Waals surface area contributed by atoms with Crippen LogP contribution in [0.15, 0.2) is 21.6 Å². The Morgan fingerprint density at radius 1 is 1.29 bits per heavy atom. The summed E-state index contributed by atoms with van der Waals surface area (Å²) in [6, 6.07) is 2.23. The Labute approximate surface area is 123 Å². The normalized spacial score (nSPS) is 23.1. The van der Waals surface area contributed by atoms with Crippen molar-refractivity contribution in [1.29, 1.82) is 0 Å². The van der Waals surface area contributed by atoms with Crippen LogP contribution in [-0.4, -0.2) is 37.8 Å². The van der Waals surface area contributed by atoms with Crippen molar-refractivity contribution in [3.05, 3.63) is 17.9 Å². The number of rotatable bonds is 6. The van der Waals surface area contributed by atoms with Crippen LogP contribution in [0, 0.1) is 11.8 Å². The highest BCUT2D eigenvalue weighted by atomic mass is 32.2. The van der Waals surface area contributed by atoms with Gasteiger partial charge in [0.2, 0.25) is 10.9 Å². The fourth-order valence-corrected chi connectivity index (χ4v) is 3.68. The molecule has 1 aliphatic carbocycles. The van der Waals surface area contributed by atoms with Gasteiger partial charge in [-0.2, -0.15) is 0 Å². The van der Waals surface area contributed by atoms with E-state index in [-0.39, 0.29) is 25.0 Å². The maximum Gasteiger partial charge on any atom is 0.371 e. The summed E-state index contributed by atoms with van der Waals surface area (Å²) in [6.45, 7) is 0.271. The molecule has 0 spiro atoms. The second-order valence-electron chi connectivity index (χ2n) is 5.26. The number of furan rings is 1. The van der Waals surface area contributed by atoms with E-state index >= 15 is 0 Å². The van der Waals surface area contributed by atoms with Gasteiger partial charge in [0.1, 0.15) is 0 Å². The number of carbonyl (C=O) groups is 1. The lowest BCUT2D eigenvalue weighted by atomic mass is 9.80. The van der Waals surface area contributed by atoms with Gasteiger partial charge in [0, 0.05) is 13.2 Å². The van der Waals surface area contributed by atoms with E-state index in [1.165, 1.54) is 0 Å². The van der Waals surface area contributed by atoms with Gasteiger partial charge in [-0.05, 0) is 36.8 Å². The largest absolute Gasteiger partial charge is 0.475 e. The van der Waals surface area contributed by atoms with Gasteiger partial charge in [-0.1, -0.05) is 12.8 Å². The van der Waals surface area contributed by atoms with Crippen molar-refractivity contribution in [2.75, 3.05) is 13.2 Å². The maximum atomic E-state index is 12.0. The molecule has 2 rings (SSSR count). The highest BCUT2D eigenvalue weighted by Gasteiger charge is 2.27. The lowest BCUT2D eigenvalue weighted by Gasteiger charge is -2.30. The molecule has 8 heteroatoms. The first-order valence-electron chi connectivity index (χ1n) is 6.87. The van der Waals surface area contributed by atoms with E-state index in [2.05, 4.69) is 4.72 Å². The molecule has 1 aliphatic rings. The van der Waals surface area contributed by atoms with Crippen molar-refractivity contribution in [3.63, 3.8) is 0 Å². The molecular weight excluding hydrogens is 298 g/mol. The molecule has 118 valence electrons. The number of hydrogen-bond donors (Lipinski definition) is 3. The molecule has 1 aromatic rings. The fourth-order valence-electron chi connectivity index (χ4n) is 2.66. The Bertz CT molecular complexity index is 594. The molecule has 0 aromatic carbocycles. The molecule has 1 saturated carbocycles. The number of sulfonamides is 1. The van der Waals surface area contributed by atoms with Crippen molar-refractivity contribution in [2.45, 2.75) is 30.8 Å². The Morgan fingerprint density at radius 2 is 1.95 bits per heavy atom. The number of carboxylic acids is 1. The molecule has 0 bridgehead atoms. The second kappa shape index (κ2) is 6.59. The minimum atomic E-state index is -3.87. The first-order chi connectivity index (χ1) is 9.94. The monoisotopic (exact) mass is 317 g/mol. The number of aliphatic hydroxyl groups is 1. The van der Waals surface area contributed by atoms with E-state index in [0.717, 1.165) is 37.8 Å². The van der Waals surface area contributed by atoms with Gasteiger partial charge in [0.15, 0.2) is 0 Å². The highest BCUT2D eigenvalue weighted by molar-refractivity contribution is 7.89. The summed E-state index contributed by atoms with van der Waals surface area (Å²) in [5, 5.41) is 17.6. The summed E-state index contributed by atoms with van der Waals surface area (Å²) in [7, 11) is -3.87. The van der Waals surface area contributed by atoms with Crippen molar-refractivity contribution >= 4 is 16.0 Å². The Morgan fingerprint density at radius 3 is 2.52 bits per heavy atom. The minimum absolute atomic E-state index is 0.0519. The van der Waals surface area contributed by atoms with Gasteiger partial charge in [0.05, 0.1) is 0 Å². The van der Waals surface area contributed by atoms with Gasteiger partial charge in [-0.25, -0.2) is 17.9 Å². The van der Waals surface area contributed by atoms with Crippen LogP contribution in [0.5, 0.6) is 0 Å². The average Bonchev–Trinajstić information content (AvgIpc) is 2.96. The van der Waals surface area contributed by atoms with Crippen LogP contribution in [0.25, 0.3) is 0 Å². The SMILES string of the molecule is O=C(O)c1ccc(S(=O)(=O)NCC2CCCCC2CO)o1. The molecule has 2 atom stereocenters. The summed E-state index contributed by atoms with van der Waals surface area (Å²) in [4.78, 5) is 10.7. The van der Waals surface area contributed by atoms with Gasteiger partial charge in [-0.15, -0.1) is 0 Å². The number of aromatic carboxylic acids is 1. The molecule has 0 radical (unpaired) electrons. The van der Waals surface area contributed by atoms with Crippen molar-refractivity contribution in [1.82, 2.24) is 4.72 Å². The predicted molar refractivity (Wildman–Crippen MR) is 73.4 cm³/mol. The molecule has 2 unspecified atom stereocenters. The van der Waals surface area contributed by atoms with Crippen LogP contribution in [0.4, 0.5) is 0 Å². The smallest absolute Gasteiger partial charge is 0.371 e. The van der Waals surface area contributed by atoms with Gasteiger partial charge >= 0.3 is 5.97 Å². The molecule has 21 heavy (non-hydrogen) atoms. The summed E-state index contributed by atoms with van der Waals surface area (Å²) in [5.41, 5.74) is 0. The van der Waals surface area contributed by atoms with E-state index in [1.807, 2.05) is 0 Å². The van der Waals surface area contributed by atoms with Gasteiger partial charge < -0.3 is 14.6 Å². The molecule has 1 aromatic heterocycles. The minimum Gasteiger partial charge on any atom is -0.475 e. The molecule has 1 heterocycles. The zero-order valence-corrected chi connectivity index (χ0v) is 12.3. The zero-order valence-electron chi connectivity index (χ0n) is 11.5. The van der Waals surface area contributed by atoms with Crippen LogP contribution < -0.4 is 4.72 Å². The van der Waals surface area contributed by atoms with Crippen LogP contribution >= 0.6 is 0 Å². The molecule has 1 fully saturated rings. The average molecular weight is 317 g/mol. The lowest BCUT2D eigenvalue weighted by Crippen LogP contribution is -2.35.